The highest BCUT2D eigenvalue weighted by molar-refractivity contribution is 5.19. The van der Waals surface area contributed by atoms with Crippen molar-refractivity contribution in [2.75, 3.05) is 13.2 Å². The fourth-order valence-corrected chi connectivity index (χ4v) is 2.18. The maximum atomic E-state index is 5.88. The predicted molar refractivity (Wildman–Crippen MR) is 88.1 cm³/mol. The summed E-state index contributed by atoms with van der Waals surface area (Å²) >= 11 is 0. The Morgan fingerprint density at radius 1 is 1.00 bits per heavy atom. The Hall–Kier alpha value is -1.30. The van der Waals surface area contributed by atoms with Crippen molar-refractivity contribution in [3.8, 4) is 11.8 Å². The summed E-state index contributed by atoms with van der Waals surface area (Å²) in [5, 5.41) is 0. The van der Waals surface area contributed by atoms with Crippen molar-refractivity contribution in [3.05, 3.63) is 35.9 Å². The van der Waals surface area contributed by atoms with Gasteiger partial charge in [-0.05, 0) is 25.8 Å². The molecule has 2 heteroatoms. The smallest absolute Gasteiger partial charge is 0.121 e. The van der Waals surface area contributed by atoms with E-state index in [1.807, 2.05) is 32.0 Å². The Bertz CT molecular complexity index is 416. The number of benzene rings is 1. The number of hydrogen-bond donors (Lipinski definition) is 0. The number of ether oxygens (including phenoxy) is 2. The molecule has 116 valence electrons. The van der Waals surface area contributed by atoms with Crippen LogP contribution in [0.15, 0.2) is 30.3 Å². The molecule has 0 bridgehead atoms. The van der Waals surface area contributed by atoms with Gasteiger partial charge in [0.1, 0.15) is 6.10 Å². The first-order valence-electron chi connectivity index (χ1n) is 8.08. The minimum Gasteiger partial charge on any atom is -0.374 e. The molecule has 2 nitrogen and oxygen atoms in total. The predicted octanol–water partition coefficient (Wildman–Crippen LogP) is 4.75. The normalized spacial score (nSPS) is 13.3. The van der Waals surface area contributed by atoms with E-state index >= 15 is 0 Å². The molecule has 2 unspecified atom stereocenters. The second kappa shape index (κ2) is 11.4. The summed E-state index contributed by atoms with van der Waals surface area (Å²) < 4.78 is 11.7. The average Bonchev–Trinajstić information content (AvgIpc) is 2.52. The first-order valence-corrected chi connectivity index (χ1v) is 8.08. The highest BCUT2D eigenvalue weighted by atomic mass is 16.5. The van der Waals surface area contributed by atoms with Crippen molar-refractivity contribution >= 4 is 0 Å². The lowest BCUT2D eigenvalue weighted by Crippen LogP contribution is -2.17. The molecule has 1 rings (SSSR count). The van der Waals surface area contributed by atoms with Crippen LogP contribution in [0.4, 0.5) is 0 Å². The Balaban J connectivity index is 2.69. The molecule has 0 saturated heterocycles. The van der Waals surface area contributed by atoms with Crippen LogP contribution in [-0.2, 0) is 9.47 Å². The van der Waals surface area contributed by atoms with Crippen molar-refractivity contribution in [1.82, 2.24) is 0 Å². The van der Waals surface area contributed by atoms with Gasteiger partial charge in [-0.15, -0.1) is 5.92 Å². The zero-order valence-corrected chi connectivity index (χ0v) is 13.6. The lowest BCUT2D eigenvalue weighted by Gasteiger charge is -2.21. The number of unbranched alkanes of at least 4 members (excludes halogenated alkanes) is 2. The van der Waals surface area contributed by atoms with Crippen molar-refractivity contribution in [2.24, 2.45) is 0 Å². The van der Waals surface area contributed by atoms with Crippen LogP contribution in [0.5, 0.6) is 0 Å². The molecule has 0 aliphatic carbocycles. The Kier molecular flexibility index (Phi) is 9.61. The van der Waals surface area contributed by atoms with Crippen molar-refractivity contribution < 1.29 is 9.47 Å². The zero-order valence-electron chi connectivity index (χ0n) is 13.6. The third-order valence-electron chi connectivity index (χ3n) is 3.25. The average molecular weight is 288 g/mol. The minimum absolute atomic E-state index is 0.0493. The minimum atomic E-state index is -0.0522. The molecular formula is C19H28O2. The van der Waals surface area contributed by atoms with Crippen LogP contribution < -0.4 is 0 Å². The van der Waals surface area contributed by atoms with Crippen LogP contribution in [0.2, 0.25) is 0 Å². The quantitative estimate of drug-likeness (QED) is 0.482. The Morgan fingerprint density at radius 3 is 2.33 bits per heavy atom. The van der Waals surface area contributed by atoms with Gasteiger partial charge in [0.15, 0.2) is 0 Å². The maximum absolute atomic E-state index is 5.88. The molecule has 2 atom stereocenters. The van der Waals surface area contributed by atoms with Crippen LogP contribution in [0, 0.1) is 11.8 Å². The van der Waals surface area contributed by atoms with Crippen molar-refractivity contribution in [2.45, 2.75) is 58.7 Å². The third kappa shape index (κ3) is 7.32. The molecule has 0 N–H and O–H groups in total. The van der Waals surface area contributed by atoms with Gasteiger partial charge in [-0.1, -0.05) is 49.6 Å². The summed E-state index contributed by atoms with van der Waals surface area (Å²) in [5.41, 5.74) is 1.19. The fourth-order valence-electron chi connectivity index (χ4n) is 2.18. The van der Waals surface area contributed by atoms with Gasteiger partial charge >= 0.3 is 0 Å². The van der Waals surface area contributed by atoms with Crippen molar-refractivity contribution in [1.29, 1.82) is 0 Å². The van der Waals surface area contributed by atoms with E-state index in [1.165, 1.54) is 12.0 Å². The molecule has 0 fully saturated rings. The van der Waals surface area contributed by atoms with Crippen LogP contribution in [0.1, 0.15) is 58.1 Å². The highest BCUT2D eigenvalue weighted by Crippen LogP contribution is 2.23. The van der Waals surface area contributed by atoms with E-state index < -0.39 is 0 Å². The second-order valence-corrected chi connectivity index (χ2v) is 4.96. The SMILES string of the molecule is CCCCC#CC(CC(OCC)c1ccccc1)OCC. The van der Waals surface area contributed by atoms with E-state index in [-0.39, 0.29) is 12.2 Å². The summed E-state index contributed by atoms with van der Waals surface area (Å²) in [6.45, 7) is 7.60. The lowest BCUT2D eigenvalue weighted by atomic mass is 10.0. The summed E-state index contributed by atoms with van der Waals surface area (Å²) in [7, 11) is 0. The molecule has 0 aliphatic rings. The summed E-state index contributed by atoms with van der Waals surface area (Å²) in [5.74, 6) is 6.50. The molecule has 0 aromatic heterocycles. The molecule has 0 radical (unpaired) electrons. The van der Waals surface area contributed by atoms with Gasteiger partial charge in [-0.3, -0.25) is 0 Å². The summed E-state index contributed by atoms with van der Waals surface area (Å²) in [6, 6.07) is 10.3. The molecule has 0 aliphatic heterocycles. The van der Waals surface area contributed by atoms with Gasteiger partial charge in [-0.25, -0.2) is 0 Å². The van der Waals surface area contributed by atoms with E-state index in [0.29, 0.717) is 13.2 Å². The molecular weight excluding hydrogens is 260 g/mol. The van der Waals surface area contributed by atoms with Gasteiger partial charge in [0.05, 0.1) is 6.10 Å². The van der Waals surface area contributed by atoms with Crippen molar-refractivity contribution in [3.63, 3.8) is 0 Å². The second-order valence-electron chi connectivity index (χ2n) is 4.96. The topological polar surface area (TPSA) is 18.5 Å². The maximum Gasteiger partial charge on any atom is 0.121 e. The largest absolute Gasteiger partial charge is 0.374 e. The van der Waals surface area contributed by atoms with Crippen LogP contribution in [0.25, 0.3) is 0 Å². The Labute approximate surface area is 129 Å². The van der Waals surface area contributed by atoms with E-state index in [2.05, 4.69) is 30.9 Å². The van der Waals surface area contributed by atoms with Crippen LogP contribution >= 0.6 is 0 Å². The van der Waals surface area contributed by atoms with Gasteiger partial charge < -0.3 is 9.47 Å². The number of hydrogen-bond acceptors (Lipinski definition) is 2. The summed E-state index contributed by atoms with van der Waals surface area (Å²) in [4.78, 5) is 0. The molecule has 1 aromatic carbocycles. The third-order valence-corrected chi connectivity index (χ3v) is 3.25. The van der Waals surface area contributed by atoms with Gasteiger partial charge in [0, 0.05) is 26.1 Å². The van der Waals surface area contributed by atoms with Gasteiger partial charge in [0.2, 0.25) is 0 Å². The zero-order chi connectivity index (χ0) is 15.3. The molecule has 1 aromatic rings. The van der Waals surface area contributed by atoms with E-state index in [4.69, 9.17) is 9.47 Å². The lowest BCUT2D eigenvalue weighted by molar-refractivity contribution is 0.00928. The molecule has 0 heterocycles. The monoisotopic (exact) mass is 288 g/mol. The molecule has 21 heavy (non-hydrogen) atoms. The number of rotatable bonds is 9. The highest BCUT2D eigenvalue weighted by Gasteiger charge is 2.17. The van der Waals surface area contributed by atoms with Crippen LogP contribution in [0.3, 0.4) is 0 Å². The molecule has 0 saturated carbocycles. The van der Waals surface area contributed by atoms with Gasteiger partial charge in [-0.2, -0.15) is 0 Å². The van der Waals surface area contributed by atoms with E-state index in [0.717, 1.165) is 19.3 Å². The van der Waals surface area contributed by atoms with E-state index in [9.17, 15) is 0 Å². The first kappa shape index (κ1) is 17.8. The Morgan fingerprint density at radius 2 is 1.71 bits per heavy atom. The standard InChI is InChI=1S/C19H28O2/c1-4-7-8-12-15-18(20-5-2)16-19(21-6-3)17-13-10-9-11-14-17/h9-11,13-14,18-19H,4-8,16H2,1-3H3. The van der Waals surface area contributed by atoms with E-state index in [1.54, 1.807) is 0 Å². The summed E-state index contributed by atoms with van der Waals surface area (Å²) in [6.07, 6.45) is 4.06. The first-order chi connectivity index (χ1) is 10.3. The van der Waals surface area contributed by atoms with Crippen LogP contribution in [-0.4, -0.2) is 19.3 Å². The molecule has 0 amide bonds. The fraction of sp³-hybridized carbons (Fsp3) is 0.579. The molecule has 0 spiro atoms. The van der Waals surface area contributed by atoms with Gasteiger partial charge in [0.25, 0.3) is 0 Å².